The average Bonchev–Trinajstić information content (AvgIpc) is 2.87. The lowest BCUT2D eigenvalue weighted by atomic mass is 10.1. The molecule has 4 aromatic rings. The van der Waals surface area contributed by atoms with Gasteiger partial charge in [0.2, 0.25) is 0 Å². The van der Waals surface area contributed by atoms with Crippen molar-refractivity contribution in [2.24, 2.45) is 5.10 Å². The van der Waals surface area contributed by atoms with E-state index in [-0.39, 0.29) is 28.6 Å². The van der Waals surface area contributed by atoms with E-state index in [1.807, 2.05) is 24.3 Å². The Morgan fingerprint density at radius 3 is 2.47 bits per heavy atom. The maximum Gasteiger partial charge on any atom is 0.275 e. The van der Waals surface area contributed by atoms with Crippen molar-refractivity contribution >= 4 is 40.2 Å². The van der Waals surface area contributed by atoms with Crippen LogP contribution in [0.4, 0.5) is 5.69 Å². The van der Waals surface area contributed by atoms with Crippen LogP contribution in [0, 0.1) is 10.1 Å². The largest absolute Gasteiger partial charge is 0.507 e. The molecule has 0 unspecified atom stereocenters. The zero-order chi connectivity index (χ0) is 25.7. The fourth-order valence-corrected chi connectivity index (χ4v) is 3.73. The van der Waals surface area contributed by atoms with Crippen LogP contribution in [0.25, 0.3) is 10.8 Å². The first kappa shape index (κ1) is 24.5. The number of rotatable bonds is 8. The van der Waals surface area contributed by atoms with Gasteiger partial charge in [-0.2, -0.15) is 5.10 Å². The van der Waals surface area contributed by atoms with E-state index in [2.05, 4.69) is 10.5 Å². The number of aromatic hydroxyl groups is 1. The minimum atomic E-state index is -0.574. The van der Waals surface area contributed by atoms with Crippen molar-refractivity contribution in [2.45, 2.75) is 6.61 Å². The number of phenols is 1. The molecule has 0 saturated heterocycles. The number of amides is 1. The topological polar surface area (TPSA) is 123 Å². The highest BCUT2D eigenvalue weighted by Crippen LogP contribution is 2.36. The molecule has 0 fully saturated rings. The van der Waals surface area contributed by atoms with E-state index in [9.17, 15) is 20.0 Å². The molecule has 2 N–H and O–H groups in total. The summed E-state index contributed by atoms with van der Waals surface area (Å²) in [4.78, 5) is 22.8. The number of nitro groups is 1. The number of benzene rings is 4. The van der Waals surface area contributed by atoms with Crippen molar-refractivity contribution in [2.75, 3.05) is 7.11 Å². The second-order valence-electron chi connectivity index (χ2n) is 7.66. The summed E-state index contributed by atoms with van der Waals surface area (Å²) in [5, 5.41) is 26.8. The monoisotopic (exact) mass is 505 g/mol. The van der Waals surface area contributed by atoms with Gasteiger partial charge in [0.25, 0.3) is 11.6 Å². The van der Waals surface area contributed by atoms with Gasteiger partial charge in [-0.3, -0.25) is 14.9 Å². The Labute approximate surface area is 210 Å². The number of nitrogens with zero attached hydrogens (tertiary/aromatic N) is 2. The minimum absolute atomic E-state index is 0.0130. The molecule has 9 nitrogen and oxygen atoms in total. The van der Waals surface area contributed by atoms with Crippen LogP contribution in [0.5, 0.6) is 17.2 Å². The van der Waals surface area contributed by atoms with Gasteiger partial charge in [-0.25, -0.2) is 5.43 Å². The number of phenolic OH excluding ortho intramolecular Hbond substituents is 1. The van der Waals surface area contributed by atoms with Gasteiger partial charge in [-0.1, -0.05) is 35.9 Å². The zero-order valence-electron chi connectivity index (χ0n) is 19.0. The molecule has 0 atom stereocenters. The molecule has 0 radical (unpaired) electrons. The second kappa shape index (κ2) is 10.7. The number of non-ortho nitro benzene ring substituents is 1. The van der Waals surface area contributed by atoms with E-state index >= 15 is 0 Å². The number of nitrogens with one attached hydrogen (secondary N) is 1. The number of methoxy groups -OCH3 is 1. The van der Waals surface area contributed by atoms with E-state index in [4.69, 9.17) is 21.1 Å². The summed E-state index contributed by atoms with van der Waals surface area (Å²) in [5.74, 6) is -0.0968. The Morgan fingerprint density at radius 1 is 1.11 bits per heavy atom. The summed E-state index contributed by atoms with van der Waals surface area (Å²) >= 11 is 6.38. The van der Waals surface area contributed by atoms with Gasteiger partial charge in [0.15, 0.2) is 11.5 Å². The van der Waals surface area contributed by atoms with Gasteiger partial charge in [-0.15, -0.1) is 0 Å². The third kappa shape index (κ3) is 5.53. The molecule has 4 aromatic carbocycles. The average molecular weight is 506 g/mol. The number of nitro benzene ring substituents is 1. The van der Waals surface area contributed by atoms with Crippen molar-refractivity contribution in [3.05, 3.63) is 105 Å². The van der Waals surface area contributed by atoms with Crippen molar-refractivity contribution in [3.8, 4) is 17.2 Å². The molecule has 0 bridgehead atoms. The molecule has 182 valence electrons. The molecule has 0 aliphatic carbocycles. The van der Waals surface area contributed by atoms with Crippen molar-refractivity contribution in [1.82, 2.24) is 5.43 Å². The number of ether oxygens (including phenoxy) is 2. The van der Waals surface area contributed by atoms with Gasteiger partial charge in [0, 0.05) is 12.1 Å². The quantitative estimate of drug-likeness (QED) is 0.186. The molecule has 10 heteroatoms. The SMILES string of the molecule is COc1cc(C=NNC(=O)c2cc3ccccc3cc2O)cc(Cl)c1OCc1ccc([N+](=O)[O-])cc1. The smallest absolute Gasteiger partial charge is 0.275 e. The normalized spacial score (nSPS) is 10.9. The van der Waals surface area contributed by atoms with Crippen LogP contribution in [0.15, 0.2) is 77.9 Å². The van der Waals surface area contributed by atoms with Crippen LogP contribution in [-0.2, 0) is 6.61 Å². The van der Waals surface area contributed by atoms with E-state index < -0.39 is 10.8 Å². The number of hydrogen-bond acceptors (Lipinski definition) is 7. The fourth-order valence-electron chi connectivity index (χ4n) is 3.46. The third-order valence-electron chi connectivity index (χ3n) is 5.27. The van der Waals surface area contributed by atoms with Gasteiger partial charge in [0.1, 0.15) is 12.4 Å². The van der Waals surface area contributed by atoms with Crippen LogP contribution in [-0.4, -0.2) is 29.3 Å². The van der Waals surface area contributed by atoms with Crippen LogP contribution in [0.2, 0.25) is 5.02 Å². The molecule has 0 saturated carbocycles. The highest BCUT2D eigenvalue weighted by Gasteiger charge is 2.14. The van der Waals surface area contributed by atoms with Crippen molar-refractivity contribution < 1.29 is 24.3 Å². The van der Waals surface area contributed by atoms with E-state index in [0.29, 0.717) is 22.6 Å². The minimum Gasteiger partial charge on any atom is -0.507 e. The Morgan fingerprint density at radius 2 is 1.81 bits per heavy atom. The van der Waals surface area contributed by atoms with Crippen LogP contribution < -0.4 is 14.9 Å². The van der Waals surface area contributed by atoms with Gasteiger partial charge in [-0.05, 0) is 58.3 Å². The molecular formula is C26H20ClN3O6. The maximum absolute atomic E-state index is 12.5. The van der Waals surface area contributed by atoms with E-state index in [1.54, 1.807) is 30.3 Å². The molecular weight excluding hydrogens is 486 g/mol. The van der Waals surface area contributed by atoms with Crippen LogP contribution in [0.1, 0.15) is 21.5 Å². The highest BCUT2D eigenvalue weighted by molar-refractivity contribution is 6.32. The fraction of sp³-hybridized carbons (Fsp3) is 0.0769. The first-order valence-electron chi connectivity index (χ1n) is 10.6. The first-order chi connectivity index (χ1) is 17.4. The highest BCUT2D eigenvalue weighted by atomic mass is 35.5. The molecule has 1 amide bonds. The van der Waals surface area contributed by atoms with Crippen molar-refractivity contribution in [1.29, 1.82) is 0 Å². The summed E-state index contributed by atoms with van der Waals surface area (Å²) in [5.41, 5.74) is 3.71. The lowest BCUT2D eigenvalue weighted by molar-refractivity contribution is -0.384. The summed E-state index contributed by atoms with van der Waals surface area (Å²) in [6.45, 7) is 0.118. The molecule has 0 aromatic heterocycles. The lowest BCUT2D eigenvalue weighted by Crippen LogP contribution is -2.17. The second-order valence-corrected chi connectivity index (χ2v) is 8.07. The summed E-state index contributed by atoms with van der Waals surface area (Å²) in [6, 6.07) is 19.7. The molecule has 0 spiro atoms. The lowest BCUT2D eigenvalue weighted by Gasteiger charge is -2.13. The van der Waals surface area contributed by atoms with E-state index in [1.165, 1.54) is 31.5 Å². The Bertz CT molecular complexity index is 1470. The number of hydrogen-bond donors (Lipinski definition) is 2. The Balaban J connectivity index is 1.45. The summed E-state index contributed by atoms with van der Waals surface area (Å²) in [7, 11) is 1.45. The number of carbonyl (C=O) groups excluding carboxylic acids is 1. The Kier molecular flexibility index (Phi) is 7.31. The third-order valence-corrected chi connectivity index (χ3v) is 5.55. The number of fused-ring (bicyclic) bond motifs is 1. The molecule has 0 aliphatic heterocycles. The van der Waals surface area contributed by atoms with Gasteiger partial charge >= 0.3 is 0 Å². The molecule has 0 aliphatic rings. The van der Waals surface area contributed by atoms with Crippen LogP contribution >= 0.6 is 11.6 Å². The predicted molar refractivity (Wildman–Crippen MR) is 136 cm³/mol. The number of carbonyl (C=O) groups is 1. The maximum atomic E-state index is 12.5. The number of halogens is 1. The summed E-state index contributed by atoms with van der Waals surface area (Å²) < 4.78 is 11.2. The van der Waals surface area contributed by atoms with Crippen molar-refractivity contribution in [3.63, 3.8) is 0 Å². The van der Waals surface area contributed by atoms with Crippen LogP contribution in [0.3, 0.4) is 0 Å². The van der Waals surface area contributed by atoms with Gasteiger partial charge in [0.05, 0.1) is 28.8 Å². The predicted octanol–water partition coefficient (Wildman–Crippen LogP) is 5.46. The van der Waals surface area contributed by atoms with E-state index in [0.717, 1.165) is 10.8 Å². The Hall–Kier alpha value is -4.63. The zero-order valence-corrected chi connectivity index (χ0v) is 19.7. The molecule has 0 heterocycles. The van der Waals surface area contributed by atoms with Gasteiger partial charge < -0.3 is 14.6 Å². The standard InChI is InChI=1S/C26H20ClN3O6/c1-35-24-11-17(10-22(27)25(24)36-15-16-6-8-20(9-7-16)30(33)34)14-28-29-26(32)21-12-18-4-2-3-5-19(18)13-23(21)31/h2-14,31H,15H2,1H3,(H,29,32). The molecule has 4 rings (SSSR count). The first-order valence-corrected chi connectivity index (χ1v) is 11.0. The number of hydrazone groups is 1. The molecule has 36 heavy (non-hydrogen) atoms. The summed E-state index contributed by atoms with van der Waals surface area (Å²) in [6.07, 6.45) is 1.38.